The number of carbonyl (C=O) groups is 3. The van der Waals surface area contributed by atoms with Gasteiger partial charge in [0.25, 0.3) is 0 Å². The molecule has 0 aliphatic heterocycles. The van der Waals surface area contributed by atoms with E-state index in [2.05, 4.69) is 57.2 Å². The molecule has 0 fully saturated rings. The average Bonchev–Trinajstić information content (AvgIpc) is 3.41. The highest BCUT2D eigenvalue weighted by atomic mass is 16.6. The van der Waals surface area contributed by atoms with E-state index < -0.39 is 6.10 Å². The zero-order valence-electron chi connectivity index (χ0n) is 50.6. The van der Waals surface area contributed by atoms with Crippen LogP contribution in [-0.2, 0) is 28.6 Å². The number of allylic oxidation sites excluding steroid dienone is 6. The molecule has 0 bridgehead atoms. The summed E-state index contributed by atoms with van der Waals surface area (Å²) in [5.74, 6) is -0.871. The zero-order chi connectivity index (χ0) is 54.3. The fourth-order valence-electron chi connectivity index (χ4n) is 10.1. The number of unbranched alkanes of at least 4 members (excludes halogenated alkanes) is 45. The first-order chi connectivity index (χ1) is 37.0. The standard InChI is InChI=1S/C69H128O6/c1-4-7-10-13-16-19-21-23-24-25-26-27-28-29-30-31-32-33-34-35-36-37-38-39-40-41-42-43-44-46-47-50-53-56-59-62-68(71)74-65-66(64-73-67(70)61-58-55-52-49-18-15-12-9-6-3)75-69(72)63-60-57-54-51-48-45-22-20-17-14-11-8-5-2/h11,14,20,22,25-26,66H,4-10,12-13,15-19,21,23-24,27-65H2,1-3H3/b14-11-,22-20-,26-25-. The van der Waals surface area contributed by atoms with Gasteiger partial charge in [0.05, 0.1) is 0 Å². The molecule has 0 N–H and O–H groups in total. The number of hydrogen-bond donors (Lipinski definition) is 0. The van der Waals surface area contributed by atoms with Crippen LogP contribution in [0.15, 0.2) is 36.5 Å². The summed E-state index contributed by atoms with van der Waals surface area (Å²) in [7, 11) is 0. The van der Waals surface area contributed by atoms with E-state index in [0.717, 1.165) is 89.9 Å². The summed E-state index contributed by atoms with van der Waals surface area (Å²) in [6.07, 6.45) is 79.2. The number of rotatable bonds is 62. The molecule has 0 aromatic heterocycles. The molecule has 440 valence electrons. The van der Waals surface area contributed by atoms with Crippen LogP contribution in [0.3, 0.4) is 0 Å². The van der Waals surface area contributed by atoms with Gasteiger partial charge in [-0.1, -0.05) is 314 Å². The van der Waals surface area contributed by atoms with Gasteiger partial charge in [0.1, 0.15) is 13.2 Å². The van der Waals surface area contributed by atoms with Gasteiger partial charge < -0.3 is 14.2 Å². The molecule has 6 nitrogen and oxygen atoms in total. The van der Waals surface area contributed by atoms with Crippen LogP contribution in [0.5, 0.6) is 0 Å². The topological polar surface area (TPSA) is 78.9 Å². The Bertz CT molecular complexity index is 1250. The first kappa shape index (κ1) is 72.6. The minimum Gasteiger partial charge on any atom is -0.462 e. The molecule has 0 radical (unpaired) electrons. The van der Waals surface area contributed by atoms with Crippen LogP contribution < -0.4 is 0 Å². The molecule has 0 heterocycles. The second kappa shape index (κ2) is 64.2. The summed E-state index contributed by atoms with van der Waals surface area (Å²) in [5.41, 5.74) is 0. The Morgan fingerprint density at radius 2 is 0.507 bits per heavy atom. The minimum absolute atomic E-state index is 0.0731. The third kappa shape index (κ3) is 62.4. The van der Waals surface area contributed by atoms with Gasteiger partial charge in [-0.3, -0.25) is 14.4 Å². The van der Waals surface area contributed by atoms with Gasteiger partial charge >= 0.3 is 17.9 Å². The van der Waals surface area contributed by atoms with Gasteiger partial charge in [0.15, 0.2) is 6.10 Å². The molecule has 75 heavy (non-hydrogen) atoms. The monoisotopic (exact) mass is 1050 g/mol. The van der Waals surface area contributed by atoms with Gasteiger partial charge in [-0.05, 0) is 70.6 Å². The van der Waals surface area contributed by atoms with Crippen LogP contribution >= 0.6 is 0 Å². The van der Waals surface area contributed by atoms with Crippen molar-refractivity contribution in [2.75, 3.05) is 13.2 Å². The zero-order valence-corrected chi connectivity index (χ0v) is 50.6. The van der Waals surface area contributed by atoms with Crippen LogP contribution in [-0.4, -0.2) is 37.2 Å². The fourth-order valence-corrected chi connectivity index (χ4v) is 10.1. The molecule has 0 rings (SSSR count). The fraction of sp³-hybridized carbons (Fsp3) is 0.870. The number of esters is 3. The normalized spacial score (nSPS) is 12.2. The summed E-state index contributed by atoms with van der Waals surface area (Å²) >= 11 is 0. The molecule has 0 aromatic carbocycles. The first-order valence-electron chi connectivity index (χ1n) is 33.5. The van der Waals surface area contributed by atoms with E-state index in [4.69, 9.17) is 14.2 Å². The van der Waals surface area contributed by atoms with Gasteiger partial charge in [-0.2, -0.15) is 0 Å². The van der Waals surface area contributed by atoms with Crippen LogP contribution in [0.1, 0.15) is 367 Å². The number of hydrogen-bond acceptors (Lipinski definition) is 6. The van der Waals surface area contributed by atoms with Gasteiger partial charge in [0, 0.05) is 19.3 Å². The van der Waals surface area contributed by atoms with Crippen molar-refractivity contribution >= 4 is 17.9 Å². The summed E-state index contributed by atoms with van der Waals surface area (Å²) in [6.45, 7) is 6.59. The van der Waals surface area contributed by atoms with Crippen molar-refractivity contribution in [3.8, 4) is 0 Å². The van der Waals surface area contributed by atoms with E-state index in [1.54, 1.807) is 0 Å². The predicted octanol–water partition coefficient (Wildman–Crippen LogP) is 22.8. The van der Waals surface area contributed by atoms with Crippen molar-refractivity contribution in [1.82, 2.24) is 0 Å². The van der Waals surface area contributed by atoms with Crippen molar-refractivity contribution in [1.29, 1.82) is 0 Å². The smallest absolute Gasteiger partial charge is 0.306 e. The van der Waals surface area contributed by atoms with Crippen molar-refractivity contribution in [3.05, 3.63) is 36.5 Å². The Balaban J connectivity index is 3.93. The summed E-state index contributed by atoms with van der Waals surface area (Å²) in [4.78, 5) is 38.1. The quantitative estimate of drug-likeness (QED) is 0.0261. The molecule has 0 saturated carbocycles. The molecule has 0 aliphatic carbocycles. The Morgan fingerprint density at radius 3 is 0.800 bits per heavy atom. The van der Waals surface area contributed by atoms with Crippen molar-refractivity contribution in [3.63, 3.8) is 0 Å². The molecule has 0 aliphatic rings. The maximum atomic E-state index is 12.8. The lowest BCUT2D eigenvalue weighted by atomic mass is 10.0. The second-order valence-corrected chi connectivity index (χ2v) is 22.7. The highest BCUT2D eigenvalue weighted by molar-refractivity contribution is 5.71. The Kier molecular flexibility index (Phi) is 62.1. The Hall–Kier alpha value is -2.37. The van der Waals surface area contributed by atoms with E-state index in [1.807, 2.05) is 0 Å². The van der Waals surface area contributed by atoms with Gasteiger partial charge in [-0.15, -0.1) is 0 Å². The SMILES string of the molecule is CCC/C=C\C/C=C\CCCCCCCC(=O)OC(COC(=O)CCCCCCCCCCC)COC(=O)CCCCCCCCCCCCCCCCCCCCCCCCC/C=C\CCCCCCCCCC. The summed E-state index contributed by atoms with van der Waals surface area (Å²) in [5, 5.41) is 0. The molecular formula is C69H128O6. The Labute approximate surface area is 467 Å². The van der Waals surface area contributed by atoms with Crippen LogP contribution in [0.2, 0.25) is 0 Å². The van der Waals surface area contributed by atoms with Crippen LogP contribution in [0.25, 0.3) is 0 Å². The molecule has 1 atom stereocenters. The number of carbonyl (C=O) groups excluding carboxylic acids is 3. The minimum atomic E-state index is -0.774. The van der Waals surface area contributed by atoms with E-state index >= 15 is 0 Å². The average molecular weight is 1050 g/mol. The predicted molar refractivity (Wildman–Crippen MR) is 326 cm³/mol. The molecule has 0 saturated heterocycles. The molecule has 0 amide bonds. The molecule has 6 heteroatoms. The van der Waals surface area contributed by atoms with E-state index in [9.17, 15) is 14.4 Å². The van der Waals surface area contributed by atoms with Gasteiger partial charge in [-0.25, -0.2) is 0 Å². The first-order valence-corrected chi connectivity index (χ1v) is 33.5. The van der Waals surface area contributed by atoms with E-state index in [-0.39, 0.29) is 31.1 Å². The highest BCUT2D eigenvalue weighted by Crippen LogP contribution is 2.18. The second-order valence-electron chi connectivity index (χ2n) is 22.7. The largest absolute Gasteiger partial charge is 0.462 e. The summed E-state index contributed by atoms with van der Waals surface area (Å²) < 4.78 is 16.8. The molecule has 1 unspecified atom stereocenters. The van der Waals surface area contributed by atoms with Crippen molar-refractivity contribution < 1.29 is 28.6 Å². The Morgan fingerprint density at radius 1 is 0.267 bits per heavy atom. The maximum Gasteiger partial charge on any atom is 0.306 e. The maximum absolute atomic E-state index is 12.8. The van der Waals surface area contributed by atoms with E-state index in [0.29, 0.717) is 19.3 Å². The summed E-state index contributed by atoms with van der Waals surface area (Å²) in [6, 6.07) is 0. The van der Waals surface area contributed by atoms with Gasteiger partial charge in [0.2, 0.25) is 0 Å². The lowest BCUT2D eigenvalue weighted by Crippen LogP contribution is -2.30. The van der Waals surface area contributed by atoms with E-state index in [1.165, 1.54) is 238 Å². The van der Waals surface area contributed by atoms with Crippen molar-refractivity contribution in [2.24, 2.45) is 0 Å². The van der Waals surface area contributed by atoms with Crippen LogP contribution in [0.4, 0.5) is 0 Å². The highest BCUT2D eigenvalue weighted by Gasteiger charge is 2.19. The lowest BCUT2D eigenvalue weighted by molar-refractivity contribution is -0.167. The lowest BCUT2D eigenvalue weighted by Gasteiger charge is -2.18. The third-order valence-corrected chi connectivity index (χ3v) is 15.1. The number of ether oxygens (including phenoxy) is 3. The molecule has 0 aromatic rings. The third-order valence-electron chi connectivity index (χ3n) is 15.1. The van der Waals surface area contributed by atoms with Crippen molar-refractivity contribution in [2.45, 2.75) is 374 Å². The molecular weight excluding hydrogens is 925 g/mol. The van der Waals surface area contributed by atoms with Crippen LogP contribution in [0, 0.1) is 0 Å². The molecule has 0 spiro atoms.